The number of carbonyl (C=O) groups is 1. The number of fused-ring (bicyclic) bond motifs is 1. The molecule has 4 nitrogen and oxygen atoms in total. The van der Waals surface area contributed by atoms with E-state index in [0.29, 0.717) is 0 Å². The molecule has 0 saturated carbocycles. The second kappa shape index (κ2) is 9.48. The minimum absolute atomic E-state index is 0.0550. The molecule has 1 aliphatic rings. The van der Waals surface area contributed by atoms with Crippen molar-refractivity contribution in [2.24, 2.45) is 0 Å². The van der Waals surface area contributed by atoms with Gasteiger partial charge in [-0.1, -0.05) is 24.3 Å². The molecule has 0 fully saturated rings. The third-order valence-corrected chi connectivity index (χ3v) is 5.76. The number of aryl methyl sites for hydroxylation is 2. The predicted molar refractivity (Wildman–Crippen MR) is 115 cm³/mol. The molecule has 2 N–H and O–H groups in total. The van der Waals surface area contributed by atoms with E-state index < -0.39 is 0 Å². The van der Waals surface area contributed by atoms with Gasteiger partial charge in [0.15, 0.2) is 0 Å². The molecule has 0 aromatic heterocycles. The lowest BCUT2D eigenvalue weighted by Crippen LogP contribution is -2.28. The highest BCUT2D eigenvalue weighted by Crippen LogP contribution is 2.25. The molecular formula is C23H25N3OS. The van der Waals surface area contributed by atoms with Gasteiger partial charge in [-0.25, -0.2) is 0 Å². The van der Waals surface area contributed by atoms with Crippen molar-refractivity contribution < 1.29 is 4.79 Å². The number of nitriles is 1. The zero-order valence-electron chi connectivity index (χ0n) is 16.3. The standard InChI is InChI=1S/C23H25N3OS/c1-16(18-11-10-17-6-3-4-7-19(17)12-18)26-23(27)20(14-24)15-25-21-8-5-9-22(13-21)28-2/h5,8-13,15-16,25H,3-4,6-7H2,1-2H3,(H,26,27)/b20-15-. The molecule has 28 heavy (non-hydrogen) atoms. The van der Waals surface area contributed by atoms with Crippen LogP contribution in [0.4, 0.5) is 5.69 Å². The van der Waals surface area contributed by atoms with E-state index in [1.54, 1.807) is 11.8 Å². The molecule has 1 amide bonds. The maximum atomic E-state index is 12.5. The first-order chi connectivity index (χ1) is 13.6. The summed E-state index contributed by atoms with van der Waals surface area (Å²) >= 11 is 1.64. The highest BCUT2D eigenvalue weighted by Gasteiger charge is 2.16. The molecule has 0 radical (unpaired) electrons. The summed E-state index contributed by atoms with van der Waals surface area (Å²) in [7, 11) is 0. The van der Waals surface area contributed by atoms with Crippen molar-refractivity contribution in [1.82, 2.24) is 5.32 Å². The molecule has 1 unspecified atom stereocenters. The van der Waals surface area contributed by atoms with Crippen molar-refractivity contribution in [3.63, 3.8) is 0 Å². The normalized spacial score (nSPS) is 14.5. The number of rotatable bonds is 6. The summed E-state index contributed by atoms with van der Waals surface area (Å²) in [5.74, 6) is -0.374. The Morgan fingerprint density at radius 1 is 1.18 bits per heavy atom. The molecule has 0 saturated heterocycles. The van der Waals surface area contributed by atoms with E-state index in [1.807, 2.05) is 43.5 Å². The number of nitrogens with zero attached hydrogens (tertiary/aromatic N) is 1. The first-order valence-corrected chi connectivity index (χ1v) is 10.8. The average Bonchev–Trinajstić information content (AvgIpc) is 2.74. The van der Waals surface area contributed by atoms with E-state index >= 15 is 0 Å². The van der Waals surface area contributed by atoms with Crippen molar-refractivity contribution >= 4 is 23.4 Å². The fourth-order valence-corrected chi connectivity index (χ4v) is 3.86. The zero-order chi connectivity index (χ0) is 19.9. The van der Waals surface area contributed by atoms with Gasteiger partial charge in [0, 0.05) is 16.8 Å². The van der Waals surface area contributed by atoms with Crippen LogP contribution in [0.5, 0.6) is 0 Å². The molecule has 2 aromatic rings. The van der Waals surface area contributed by atoms with Gasteiger partial charge in [0.1, 0.15) is 11.6 Å². The summed E-state index contributed by atoms with van der Waals surface area (Å²) in [6.45, 7) is 1.95. The van der Waals surface area contributed by atoms with Crippen molar-refractivity contribution in [3.05, 3.63) is 70.9 Å². The molecule has 5 heteroatoms. The van der Waals surface area contributed by atoms with Gasteiger partial charge in [0.25, 0.3) is 5.91 Å². The second-order valence-electron chi connectivity index (χ2n) is 6.98. The number of carbonyl (C=O) groups excluding carboxylic acids is 1. The topological polar surface area (TPSA) is 64.9 Å². The fraction of sp³-hybridized carbons (Fsp3) is 0.304. The van der Waals surface area contributed by atoms with Crippen LogP contribution in [0.15, 0.2) is 59.1 Å². The molecule has 1 aliphatic carbocycles. The summed E-state index contributed by atoms with van der Waals surface area (Å²) in [6, 6.07) is 16.1. The average molecular weight is 392 g/mol. The highest BCUT2D eigenvalue weighted by atomic mass is 32.2. The van der Waals surface area contributed by atoms with E-state index in [4.69, 9.17) is 0 Å². The number of thioether (sulfide) groups is 1. The molecule has 0 heterocycles. The fourth-order valence-electron chi connectivity index (χ4n) is 3.40. The Hall–Kier alpha value is -2.71. The summed E-state index contributed by atoms with van der Waals surface area (Å²) in [6.07, 6.45) is 8.19. The van der Waals surface area contributed by atoms with Crippen LogP contribution in [0.2, 0.25) is 0 Å². The van der Waals surface area contributed by atoms with Crippen molar-refractivity contribution in [2.45, 2.75) is 43.5 Å². The van der Waals surface area contributed by atoms with Crippen LogP contribution in [0.3, 0.4) is 0 Å². The van der Waals surface area contributed by atoms with Crippen LogP contribution >= 0.6 is 11.8 Å². The van der Waals surface area contributed by atoms with E-state index in [0.717, 1.165) is 29.0 Å². The number of hydrogen-bond acceptors (Lipinski definition) is 4. The molecular weight excluding hydrogens is 366 g/mol. The quantitative estimate of drug-likeness (QED) is 0.414. The van der Waals surface area contributed by atoms with Gasteiger partial charge in [-0.05, 0) is 73.8 Å². The molecule has 0 aliphatic heterocycles. The van der Waals surface area contributed by atoms with Crippen LogP contribution in [-0.4, -0.2) is 12.2 Å². The van der Waals surface area contributed by atoms with Crippen LogP contribution in [0, 0.1) is 11.3 Å². The summed E-state index contributed by atoms with van der Waals surface area (Å²) in [4.78, 5) is 13.7. The lowest BCUT2D eigenvalue weighted by molar-refractivity contribution is -0.117. The maximum absolute atomic E-state index is 12.5. The third-order valence-electron chi connectivity index (χ3n) is 5.04. The Balaban J connectivity index is 1.66. The smallest absolute Gasteiger partial charge is 0.263 e. The number of hydrogen-bond donors (Lipinski definition) is 2. The second-order valence-corrected chi connectivity index (χ2v) is 7.86. The molecule has 0 bridgehead atoms. The first kappa shape index (κ1) is 20.0. The van der Waals surface area contributed by atoms with E-state index in [1.165, 1.54) is 30.2 Å². The summed E-state index contributed by atoms with van der Waals surface area (Å²) in [5, 5.41) is 15.4. The monoisotopic (exact) mass is 391 g/mol. The number of benzene rings is 2. The Bertz CT molecular complexity index is 930. The Labute approximate surface area is 171 Å². The van der Waals surface area contributed by atoms with Gasteiger partial charge in [0.2, 0.25) is 0 Å². The van der Waals surface area contributed by atoms with E-state index in [2.05, 4.69) is 28.8 Å². The van der Waals surface area contributed by atoms with Crippen molar-refractivity contribution in [1.29, 1.82) is 5.26 Å². The molecule has 2 aromatic carbocycles. The largest absolute Gasteiger partial charge is 0.360 e. The van der Waals surface area contributed by atoms with Crippen LogP contribution < -0.4 is 10.6 Å². The number of amides is 1. The molecule has 1 atom stereocenters. The SMILES string of the molecule is CSc1cccc(N/C=C(/C#N)C(=O)NC(C)c2ccc3c(c2)CCCC3)c1. The minimum atomic E-state index is -0.374. The highest BCUT2D eigenvalue weighted by molar-refractivity contribution is 7.98. The Morgan fingerprint density at radius 2 is 1.96 bits per heavy atom. The summed E-state index contributed by atoms with van der Waals surface area (Å²) in [5.41, 5.74) is 4.78. The van der Waals surface area contributed by atoms with E-state index in [-0.39, 0.29) is 17.5 Å². The number of nitrogens with one attached hydrogen (secondary N) is 2. The molecule has 144 valence electrons. The van der Waals surface area contributed by atoms with Gasteiger partial charge in [-0.3, -0.25) is 4.79 Å². The third kappa shape index (κ3) is 4.96. The Morgan fingerprint density at radius 3 is 2.71 bits per heavy atom. The molecule has 3 rings (SSSR count). The van der Waals surface area contributed by atoms with Gasteiger partial charge >= 0.3 is 0 Å². The maximum Gasteiger partial charge on any atom is 0.263 e. The van der Waals surface area contributed by atoms with Crippen molar-refractivity contribution in [2.75, 3.05) is 11.6 Å². The predicted octanol–water partition coefficient (Wildman–Crippen LogP) is 4.98. The van der Waals surface area contributed by atoms with Crippen LogP contribution in [0.25, 0.3) is 0 Å². The van der Waals surface area contributed by atoms with Gasteiger partial charge in [-0.2, -0.15) is 5.26 Å². The first-order valence-electron chi connectivity index (χ1n) is 9.54. The lowest BCUT2D eigenvalue weighted by atomic mass is 9.89. The van der Waals surface area contributed by atoms with Gasteiger partial charge < -0.3 is 10.6 Å². The van der Waals surface area contributed by atoms with Gasteiger partial charge in [0.05, 0.1) is 6.04 Å². The minimum Gasteiger partial charge on any atom is -0.360 e. The molecule has 0 spiro atoms. The van der Waals surface area contributed by atoms with Crippen molar-refractivity contribution in [3.8, 4) is 6.07 Å². The lowest BCUT2D eigenvalue weighted by Gasteiger charge is -2.20. The van der Waals surface area contributed by atoms with Crippen LogP contribution in [-0.2, 0) is 17.6 Å². The summed E-state index contributed by atoms with van der Waals surface area (Å²) < 4.78 is 0. The number of anilines is 1. The van der Waals surface area contributed by atoms with E-state index in [9.17, 15) is 10.1 Å². The van der Waals surface area contributed by atoms with Crippen LogP contribution in [0.1, 0.15) is 42.5 Å². The van der Waals surface area contributed by atoms with Gasteiger partial charge in [-0.15, -0.1) is 11.8 Å². The Kier molecular flexibility index (Phi) is 6.78. The zero-order valence-corrected chi connectivity index (χ0v) is 17.1.